The molecule has 1 rings (SSSR count). The predicted molar refractivity (Wildman–Crippen MR) is 55.7 cm³/mol. The summed E-state index contributed by atoms with van der Waals surface area (Å²) in [5, 5.41) is 12.1. The molecule has 10 nitrogen and oxygen atoms in total. The number of azide groups is 1. The van der Waals surface area contributed by atoms with E-state index >= 15 is 0 Å². The highest BCUT2D eigenvalue weighted by Crippen LogP contribution is 2.31. The number of hydrogen-bond acceptors (Lipinski definition) is 8. The minimum Gasteiger partial charge on any atom is -0.455 e. The Labute approximate surface area is 115 Å². The van der Waals surface area contributed by atoms with E-state index in [4.69, 9.17) is 5.53 Å². The van der Waals surface area contributed by atoms with E-state index in [9.17, 15) is 31.5 Å². The van der Waals surface area contributed by atoms with Gasteiger partial charge in [0, 0.05) is 12.0 Å². The van der Waals surface area contributed by atoms with Crippen molar-refractivity contribution in [1.29, 1.82) is 0 Å². The van der Waals surface area contributed by atoms with Crippen molar-refractivity contribution in [2.75, 3.05) is 7.11 Å². The molecule has 0 saturated carbocycles. The minimum absolute atomic E-state index is 0.902. The normalized spacial score (nSPS) is 27.9. The van der Waals surface area contributed by atoms with Crippen LogP contribution in [0.5, 0.6) is 0 Å². The molecule has 0 aliphatic carbocycles. The summed E-state index contributed by atoms with van der Waals surface area (Å²) >= 11 is 0. The lowest BCUT2D eigenvalue weighted by atomic mass is 10.1. The van der Waals surface area contributed by atoms with Crippen molar-refractivity contribution >= 4 is 16.1 Å². The number of esters is 1. The first-order valence-electron chi connectivity index (χ1n) is 5.00. The first-order chi connectivity index (χ1) is 9.55. The second-order valence-electron chi connectivity index (χ2n) is 3.64. The monoisotopic (exact) mass is 335 g/mol. The number of nitrogens with zero attached hydrogens (tertiary/aromatic N) is 3. The third kappa shape index (κ3) is 3.54. The number of hydrogen-bond donors (Lipinski definition) is 1. The molecule has 1 unspecified atom stereocenters. The summed E-state index contributed by atoms with van der Waals surface area (Å²) in [5.74, 6) is -1.52. The third-order valence-corrected chi connectivity index (χ3v) is 3.38. The maximum absolute atomic E-state index is 12.2. The smallest absolute Gasteiger partial charge is 0.455 e. The molecule has 0 aromatic heterocycles. The molecule has 1 aliphatic heterocycles. The molecule has 1 N–H and O–H groups in total. The number of cyclic esters (lactones) is 1. The van der Waals surface area contributed by atoms with E-state index in [1.54, 1.807) is 0 Å². The summed E-state index contributed by atoms with van der Waals surface area (Å²) < 4.78 is 71.1. The molecular formula is C7H8F3N3O7S. The maximum Gasteiger partial charge on any atom is 0.523 e. The fraction of sp³-hybridized carbons (Fsp3) is 0.857. The highest BCUT2D eigenvalue weighted by Gasteiger charge is 2.56. The molecule has 0 radical (unpaired) electrons. The highest BCUT2D eigenvalue weighted by molar-refractivity contribution is 7.87. The fourth-order valence-corrected chi connectivity index (χ4v) is 2.04. The molecule has 1 aliphatic rings. The summed E-state index contributed by atoms with van der Waals surface area (Å²) in [4.78, 5) is 13.6. The van der Waals surface area contributed by atoms with Gasteiger partial charge < -0.3 is 14.6 Å². The molecule has 4 atom stereocenters. The van der Waals surface area contributed by atoms with Gasteiger partial charge in [0.25, 0.3) is 0 Å². The first-order valence-corrected chi connectivity index (χ1v) is 6.41. The Morgan fingerprint density at radius 1 is 1.52 bits per heavy atom. The summed E-state index contributed by atoms with van der Waals surface area (Å²) in [5.41, 5.74) is 2.37. The number of ether oxygens (including phenoxy) is 2. The summed E-state index contributed by atoms with van der Waals surface area (Å²) in [6.07, 6.45) is -7.73. The summed E-state index contributed by atoms with van der Waals surface area (Å²) in [7, 11) is -5.18. The second-order valence-corrected chi connectivity index (χ2v) is 5.20. The van der Waals surface area contributed by atoms with Gasteiger partial charge in [0.05, 0.1) is 0 Å². The van der Waals surface area contributed by atoms with E-state index in [-0.39, 0.29) is 0 Å². The van der Waals surface area contributed by atoms with Crippen molar-refractivity contribution in [2.45, 2.75) is 30.0 Å². The van der Waals surface area contributed by atoms with E-state index < -0.39 is 46.1 Å². The average molecular weight is 335 g/mol. The third-order valence-electron chi connectivity index (χ3n) is 2.36. The van der Waals surface area contributed by atoms with Crippen LogP contribution in [0.25, 0.3) is 10.4 Å². The molecule has 0 aromatic carbocycles. The van der Waals surface area contributed by atoms with E-state index in [1.165, 1.54) is 0 Å². The quantitative estimate of drug-likeness (QED) is 0.182. The highest BCUT2D eigenvalue weighted by atomic mass is 32.2. The van der Waals surface area contributed by atoms with Crippen molar-refractivity contribution in [1.82, 2.24) is 0 Å². The van der Waals surface area contributed by atoms with Crippen LogP contribution in [0.3, 0.4) is 0 Å². The SMILES string of the molecule is CO[C@H]1[C@@H](C(O)N=[N+]=[N-])OC(=O)[C@@H]1OS(=O)(=O)C(F)(F)F. The van der Waals surface area contributed by atoms with Crippen molar-refractivity contribution < 1.29 is 45.1 Å². The molecule has 1 heterocycles. The van der Waals surface area contributed by atoms with Crippen LogP contribution in [-0.2, 0) is 28.6 Å². The van der Waals surface area contributed by atoms with Crippen molar-refractivity contribution in [3.8, 4) is 0 Å². The van der Waals surface area contributed by atoms with Crippen molar-refractivity contribution in [3.05, 3.63) is 10.4 Å². The van der Waals surface area contributed by atoms with Gasteiger partial charge in [-0.2, -0.15) is 21.6 Å². The number of carbonyl (C=O) groups is 1. The van der Waals surface area contributed by atoms with Crippen LogP contribution in [0, 0.1) is 0 Å². The van der Waals surface area contributed by atoms with E-state index in [0.29, 0.717) is 0 Å². The Morgan fingerprint density at radius 3 is 2.52 bits per heavy atom. The van der Waals surface area contributed by atoms with Gasteiger partial charge in [0.2, 0.25) is 6.10 Å². The maximum atomic E-state index is 12.2. The molecule has 14 heteroatoms. The number of rotatable bonds is 5. The molecule has 1 fully saturated rings. The molecular weight excluding hydrogens is 327 g/mol. The van der Waals surface area contributed by atoms with Crippen LogP contribution < -0.4 is 0 Å². The van der Waals surface area contributed by atoms with Crippen LogP contribution in [0.2, 0.25) is 0 Å². The molecule has 0 bridgehead atoms. The van der Waals surface area contributed by atoms with E-state index in [1.807, 2.05) is 0 Å². The van der Waals surface area contributed by atoms with Gasteiger partial charge in [-0.15, -0.1) is 0 Å². The second kappa shape index (κ2) is 6.03. The molecule has 0 amide bonds. The molecule has 0 spiro atoms. The Morgan fingerprint density at radius 2 is 2.10 bits per heavy atom. The lowest BCUT2D eigenvalue weighted by Gasteiger charge is -2.20. The summed E-state index contributed by atoms with van der Waals surface area (Å²) in [6, 6.07) is 0. The number of alkyl halides is 3. The van der Waals surface area contributed by atoms with Gasteiger partial charge in [0.1, 0.15) is 6.10 Å². The van der Waals surface area contributed by atoms with E-state index in [0.717, 1.165) is 7.11 Å². The molecule has 1 saturated heterocycles. The van der Waals surface area contributed by atoms with Crippen LogP contribution in [-0.4, -0.2) is 56.7 Å². The Balaban J connectivity index is 3.03. The average Bonchev–Trinajstić information content (AvgIpc) is 2.65. The zero-order chi connectivity index (χ0) is 16.4. The van der Waals surface area contributed by atoms with Gasteiger partial charge >= 0.3 is 21.6 Å². The van der Waals surface area contributed by atoms with Gasteiger partial charge in [-0.3, -0.25) is 0 Å². The van der Waals surface area contributed by atoms with Crippen LogP contribution in [0.1, 0.15) is 0 Å². The number of carbonyl (C=O) groups excluding carboxylic acids is 1. The summed E-state index contributed by atoms with van der Waals surface area (Å²) in [6.45, 7) is 0. The Hall–Kier alpha value is -1.60. The molecule has 0 aromatic rings. The van der Waals surface area contributed by atoms with Crippen molar-refractivity contribution in [3.63, 3.8) is 0 Å². The number of aliphatic hydroxyl groups is 1. The van der Waals surface area contributed by atoms with Gasteiger partial charge in [-0.1, -0.05) is 5.11 Å². The minimum atomic E-state index is -6.08. The largest absolute Gasteiger partial charge is 0.523 e. The Bertz CT molecular complexity index is 558. The van der Waals surface area contributed by atoms with Crippen LogP contribution in [0.4, 0.5) is 13.2 Å². The van der Waals surface area contributed by atoms with Crippen LogP contribution in [0.15, 0.2) is 5.11 Å². The lowest BCUT2D eigenvalue weighted by molar-refractivity contribution is -0.150. The molecule has 120 valence electrons. The van der Waals surface area contributed by atoms with Crippen LogP contribution >= 0.6 is 0 Å². The zero-order valence-corrected chi connectivity index (χ0v) is 10.9. The zero-order valence-electron chi connectivity index (χ0n) is 10.1. The standard InChI is InChI=1S/C7H8F3N3O7S/c1-18-2-3(5(14)12-13-11)19-6(15)4(2)20-21(16,17)7(8,9)10/h2-5,14H,1H3/t2-,3-,4+,5?/m0/s1. The topological polar surface area (TPSA) is 148 Å². The van der Waals surface area contributed by atoms with Gasteiger partial charge in [-0.25, -0.2) is 8.98 Å². The van der Waals surface area contributed by atoms with Gasteiger partial charge in [0.15, 0.2) is 12.3 Å². The fourth-order valence-electron chi connectivity index (χ4n) is 1.47. The number of aliphatic hydroxyl groups excluding tert-OH is 1. The first kappa shape index (κ1) is 17.5. The predicted octanol–water partition coefficient (Wildman–Crippen LogP) is -0.210. The number of methoxy groups -OCH3 is 1. The Kier molecular flexibility index (Phi) is 5.01. The molecule has 21 heavy (non-hydrogen) atoms. The number of halogens is 3. The lowest BCUT2D eigenvalue weighted by Crippen LogP contribution is -2.43. The van der Waals surface area contributed by atoms with E-state index in [2.05, 4.69) is 23.7 Å². The van der Waals surface area contributed by atoms with Crippen molar-refractivity contribution in [2.24, 2.45) is 5.11 Å². The van der Waals surface area contributed by atoms with Gasteiger partial charge in [-0.05, 0) is 5.53 Å².